The highest BCUT2D eigenvalue weighted by Crippen LogP contribution is 2.32. The maximum atomic E-state index is 5.21. The van der Waals surface area contributed by atoms with E-state index in [1.54, 1.807) is 25.6 Å². The summed E-state index contributed by atoms with van der Waals surface area (Å²) in [5, 5.41) is 2.08. The molecule has 2 aromatic rings. The second kappa shape index (κ2) is 4.02. The molecule has 0 amide bonds. The molecule has 0 aliphatic heterocycles. The Balaban J connectivity index is 2.71. The predicted octanol–water partition coefficient (Wildman–Crippen LogP) is 2.27. The SMILES string of the molecule is CCc1csc2c(OC)nc(OC)nc12. The first-order valence-corrected chi connectivity index (χ1v) is 5.54. The molecule has 0 bridgehead atoms. The van der Waals surface area contributed by atoms with Crippen LogP contribution in [0.4, 0.5) is 0 Å². The molecule has 0 saturated heterocycles. The van der Waals surface area contributed by atoms with Gasteiger partial charge in [0.05, 0.1) is 19.7 Å². The van der Waals surface area contributed by atoms with E-state index in [2.05, 4.69) is 22.3 Å². The third-order valence-electron chi connectivity index (χ3n) is 2.19. The minimum atomic E-state index is 0.354. The fourth-order valence-corrected chi connectivity index (χ4v) is 2.46. The molecule has 80 valence electrons. The van der Waals surface area contributed by atoms with Gasteiger partial charge in [-0.2, -0.15) is 9.97 Å². The predicted molar refractivity (Wildman–Crippen MR) is 59.9 cm³/mol. The number of fused-ring (bicyclic) bond motifs is 1. The lowest BCUT2D eigenvalue weighted by atomic mass is 10.2. The normalized spacial score (nSPS) is 10.6. The Bertz CT molecular complexity index is 481. The van der Waals surface area contributed by atoms with E-state index >= 15 is 0 Å². The lowest BCUT2D eigenvalue weighted by molar-refractivity contribution is 0.357. The van der Waals surface area contributed by atoms with Gasteiger partial charge in [0.25, 0.3) is 0 Å². The molecule has 0 atom stereocenters. The van der Waals surface area contributed by atoms with E-state index in [4.69, 9.17) is 9.47 Å². The van der Waals surface area contributed by atoms with Crippen molar-refractivity contribution in [3.8, 4) is 11.9 Å². The molecule has 0 aliphatic carbocycles. The molecular formula is C10H12N2O2S. The average molecular weight is 224 g/mol. The van der Waals surface area contributed by atoms with Crippen molar-refractivity contribution in [1.29, 1.82) is 0 Å². The molecule has 5 heteroatoms. The van der Waals surface area contributed by atoms with E-state index in [9.17, 15) is 0 Å². The summed E-state index contributed by atoms with van der Waals surface area (Å²) in [4.78, 5) is 8.47. The number of aryl methyl sites for hydroxylation is 1. The van der Waals surface area contributed by atoms with E-state index in [0.29, 0.717) is 11.9 Å². The topological polar surface area (TPSA) is 44.2 Å². The zero-order valence-electron chi connectivity index (χ0n) is 8.90. The van der Waals surface area contributed by atoms with Crippen LogP contribution in [0.25, 0.3) is 10.2 Å². The Morgan fingerprint density at radius 2 is 2.07 bits per heavy atom. The fraction of sp³-hybridized carbons (Fsp3) is 0.400. The summed E-state index contributed by atoms with van der Waals surface area (Å²) in [6, 6.07) is 0.354. The van der Waals surface area contributed by atoms with E-state index in [-0.39, 0.29) is 0 Å². The molecule has 0 saturated carbocycles. The van der Waals surface area contributed by atoms with Gasteiger partial charge < -0.3 is 9.47 Å². The van der Waals surface area contributed by atoms with E-state index in [0.717, 1.165) is 16.6 Å². The first kappa shape index (κ1) is 10.2. The maximum Gasteiger partial charge on any atom is 0.320 e. The van der Waals surface area contributed by atoms with Gasteiger partial charge in [0.1, 0.15) is 4.70 Å². The van der Waals surface area contributed by atoms with Crippen LogP contribution in [0.5, 0.6) is 11.9 Å². The maximum absolute atomic E-state index is 5.21. The van der Waals surface area contributed by atoms with E-state index in [1.807, 2.05) is 0 Å². The lowest BCUT2D eigenvalue weighted by Crippen LogP contribution is -1.96. The van der Waals surface area contributed by atoms with Crippen LogP contribution in [0.3, 0.4) is 0 Å². The Hall–Kier alpha value is -1.36. The average Bonchev–Trinajstić information content (AvgIpc) is 2.70. The highest BCUT2D eigenvalue weighted by atomic mass is 32.1. The largest absolute Gasteiger partial charge is 0.480 e. The summed E-state index contributed by atoms with van der Waals surface area (Å²) in [6.07, 6.45) is 0.948. The summed E-state index contributed by atoms with van der Waals surface area (Å²) >= 11 is 1.60. The highest BCUT2D eigenvalue weighted by molar-refractivity contribution is 7.17. The van der Waals surface area contributed by atoms with Crippen molar-refractivity contribution >= 4 is 21.6 Å². The standard InChI is InChI=1S/C10H12N2O2S/c1-4-6-5-15-8-7(6)11-10(14-3)12-9(8)13-2/h5H,4H2,1-3H3. The van der Waals surface area contributed by atoms with Crippen LogP contribution in [0.1, 0.15) is 12.5 Å². The summed E-state index contributed by atoms with van der Waals surface area (Å²) in [5.41, 5.74) is 2.14. The van der Waals surface area contributed by atoms with Crippen molar-refractivity contribution < 1.29 is 9.47 Å². The fourth-order valence-electron chi connectivity index (χ4n) is 1.40. The first-order valence-electron chi connectivity index (χ1n) is 4.66. The minimum Gasteiger partial charge on any atom is -0.480 e. The molecule has 2 heterocycles. The summed E-state index contributed by atoms with van der Waals surface area (Å²) in [5.74, 6) is 0.585. The van der Waals surface area contributed by atoms with Crippen LogP contribution >= 0.6 is 11.3 Å². The molecule has 0 spiro atoms. The monoisotopic (exact) mass is 224 g/mol. The zero-order valence-corrected chi connectivity index (χ0v) is 9.72. The quantitative estimate of drug-likeness (QED) is 0.802. The molecule has 0 unspecified atom stereocenters. The number of rotatable bonds is 3. The van der Waals surface area contributed by atoms with Crippen molar-refractivity contribution in [3.63, 3.8) is 0 Å². The zero-order chi connectivity index (χ0) is 10.8. The van der Waals surface area contributed by atoms with Gasteiger partial charge in [0.2, 0.25) is 5.88 Å². The van der Waals surface area contributed by atoms with Gasteiger partial charge in [-0.1, -0.05) is 6.92 Å². The number of thiophene rings is 1. The lowest BCUT2D eigenvalue weighted by Gasteiger charge is -2.03. The second-order valence-corrected chi connectivity index (χ2v) is 3.89. The Morgan fingerprint density at radius 3 is 2.67 bits per heavy atom. The summed E-state index contributed by atoms with van der Waals surface area (Å²) < 4.78 is 11.2. The molecule has 0 N–H and O–H groups in total. The molecule has 15 heavy (non-hydrogen) atoms. The van der Waals surface area contributed by atoms with Gasteiger partial charge >= 0.3 is 6.01 Å². The summed E-state index contributed by atoms with van der Waals surface area (Å²) in [7, 11) is 3.16. The molecule has 2 aromatic heterocycles. The molecule has 0 radical (unpaired) electrons. The molecule has 2 rings (SSSR count). The van der Waals surface area contributed by atoms with Crippen molar-refractivity contribution in [2.24, 2.45) is 0 Å². The molecule has 4 nitrogen and oxygen atoms in total. The van der Waals surface area contributed by atoms with Gasteiger partial charge in [-0.15, -0.1) is 11.3 Å². The van der Waals surface area contributed by atoms with E-state index < -0.39 is 0 Å². The smallest absolute Gasteiger partial charge is 0.320 e. The van der Waals surface area contributed by atoms with Crippen LogP contribution in [0.2, 0.25) is 0 Å². The van der Waals surface area contributed by atoms with Crippen LogP contribution in [-0.4, -0.2) is 24.2 Å². The molecular weight excluding hydrogens is 212 g/mol. The van der Waals surface area contributed by atoms with Crippen LogP contribution in [-0.2, 0) is 6.42 Å². The van der Waals surface area contributed by atoms with Gasteiger partial charge in [-0.3, -0.25) is 0 Å². The summed E-state index contributed by atoms with van der Waals surface area (Å²) in [6.45, 7) is 2.10. The number of hydrogen-bond acceptors (Lipinski definition) is 5. The minimum absolute atomic E-state index is 0.354. The van der Waals surface area contributed by atoms with Crippen LogP contribution in [0, 0.1) is 0 Å². The second-order valence-electron chi connectivity index (χ2n) is 3.01. The molecule has 0 fully saturated rings. The van der Waals surface area contributed by atoms with Gasteiger partial charge in [0.15, 0.2) is 0 Å². The number of methoxy groups -OCH3 is 2. The number of ether oxygens (including phenoxy) is 2. The van der Waals surface area contributed by atoms with Gasteiger partial charge in [0, 0.05) is 0 Å². The number of aromatic nitrogens is 2. The Labute approximate surface area is 91.9 Å². The number of nitrogens with zero attached hydrogens (tertiary/aromatic N) is 2. The van der Waals surface area contributed by atoms with Gasteiger partial charge in [-0.05, 0) is 17.4 Å². The Kier molecular flexibility index (Phi) is 2.73. The molecule has 0 aliphatic rings. The van der Waals surface area contributed by atoms with Crippen molar-refractivity contribution in [2.45, 2.75) is 13.3 Å². The highest BCUT2D eigenvalue weighted by Gasteiger charge is 2.13. The van der Waals surface area contributed by atoms with Crippen LogP contribution in [0.15, 0.2) is 5.38 Å². The van der Waals surface area contributed by atoms with E-state index in [1.165, 1.54) is 5.56 Å². The number of hydrogen-bond donors (Lipinski definition) is 0. The first-order chi connectivity index (χ1) is 7.30. The van der Waals surface area contributed by atoms with Gasteiger partial charge in [-0.25, -0.2) is 0 Å². The Morgan fingerprint density at radius 1 is 1.27 bits per heavy atom. The van der Waals surface area contributed by atoms with Crippen molar-refractivity contribution in [3.05, 3.63) is 10.9 Å². The van der Waals surface area contributed by atoms with Crippen LogP contribution < -0.4 is 9.47 Å². The third kappa shape index (κ3) is 1.63. The van der Waals surface area contributed by atoms with Crippen molar-refractivity contribution in [2.75, 3.05) is 14.2 Å². The molecule has 0 aromatic carbocycles. The van der Waals surface area contributed by atoms with Crippen molar-refractivity contribution in [1.82, 2.24) is 9.97 Å². The third-order valence-corrected chi connectivity index (χ3v) is 3.20.